The number of hydrogen-bond acceptors (Lipinski definition) is 3. The molecule has 2 heterocycles. The van der Waals surface area contributed by atoms with Gasteiger partial charge in [0.25, 0.3) is 0 Å². The first kappa shape index (κ1) is 7.22. The van der Waals surface area contributed by atoms with Crippen LogP contribution in [0.3, 0.4) is 0 Å². The average molecular weight is 168 g/mol. The van der Waals surface area contributed by atoms with Gasteiger partial charge in [0, 0.05) is 29.5 Å². The summed E-state index contributed by atoms with van der Waals surface area (Å²) >= 11 is 2.02. The van der Waals surface area contributed by atoms with E-state index in [0.29, 0.717) is 0 Å². The van der Waals surface area contributed by atoms with Gasteiger partial charge in [-0.15, -0.1) is 0 Å². The van der Waals surface area contributed by atoms with Crippen molar-refractivity contribution in [2.24, 2.45) is 4.99 Å². The van der Waals surface area contributed by atoms with Crippen molar-refractivity contribution in [2.45, 2.75) is 13.0 Å². The molecule has 2 aliphatic heterocycles. The molecule has 3 heteroatoms. The second-order valence-electron chi connectivity index (χ2n) is 2.94. The number of hydrogen-bond donors (Lipinski definition) is 0. The summed E-state index contributed by atoms with van der Waals surface area (Å²) in [4.78, 5) is 6.61. The van der Waals surface area contributed by atoms with Gasteiger partial charge in [-0.2, -0.15) is 11.8 Å². The Bertz CT molecular complexity index is 206. The molecule has 2 nitrogen and oxygen atoms in total. The van der Waals surface area contributed by atoms with Crippen molar-refractivity contribution in [2.75, 3.05) is 18.2 Å². The maximum atomic E-state index is 4.23. The van der Waals surface area contributed by atoms with Crippen molar-refractivity contribution in [3.8, 4) is 0 Å². The van der Waals surface area contributed by atoms with Gasteiger partial charge in [-0.25, -0.2) is 0 Å². The van der Waals surface area contributed by atoms with Crippen LogP contribution in [0, 0.1) is 0 Å². The molecule has 0 aromatic carbocycles. The lowest BCUT2D eigenvalue weighted by atomic mass is 10.2. The van der Waals surface area contributed by atoms with Crippen LogP contribution in [0.2, 0.25) is 0 Å². The van der Waals surface area contributed by atoms with Crippen molar-refractivity contribution in [3.63, 3.8) is 0 Å². The van der Waals surface area contributed by atoms with Crippen LogP contribution in [0.1, 0.15) is 6.92 Å². The highest BCUT2D eigenvalue weighted by Gasteiger charge is 2.25. The molecular formula is C8H12N2S. The second kappa shape index (κ2) is 2.89. The minimum Gasteiger partial charge on any atom is -0.351 e. The first-order valence-corrected chi connectivity index (χ1v) is 5.04. The van der Waals surface area contributed by atoms with E-state index < -0.39 is 0 Å². The summed E-state index contributed by atoms with van der Waals surface area (Å²) in [6.45, 7) is 3.03. The van der Waals surface area contributed by atoms with Crippen LogP contribution in [0.25, 0.3) is 0 Å². The van der Waals surface area contributed by atoms with Crippen LogP contribution in [0.4, 0.5) is 0 Å². The highest BCUT2D eigenvalue weighted by atomic mass is 32.2. The van der Waals surface area contributed by atoms with E-state index in [1.54, 1.807) is 0 Å². The van der Waals surface area contributed by atoms with Crippen molar-refractivity contribution in [1.29, 1.82) is 0 Å². The molecule has 0 amide bonds. The minimum absolute atomic E-state index is 0.758. The van der Waals surface area contributed by atoms with Crippen molar-refractivity contribution >= 4 is 18.0 Å². The molecule has 0 saturated carbocycles. The molecule has 60 valence electrons. The van der Waals surface area contributed by atoms with Crippen LogP contribution >= 0.6 is 11.8 Å². The lowest BCUT2D eigenvalue weighted by molar-refractivity contribution is 0.289. The summed E-state index contributed by atoms with van der Waals surface area (Å²) in [5, 5.41) is 0. The Morgan fingerprint density at radius 1 is 1.64 bits per heavy atom. The summed E-state index contributed by atoms with van der Waals surface area (Å²) in [5.41, 5.74) is 1.37. The number of allylic oxidation sites excluding steroid dienone is 2. The first-order chi connectivity index (χ1) is 5.38. The van der Waals surface area contributed by atoms with E-state index in [0.717, 1.165) is 12.7 Å². The average Bonchev–Trinajstić information content (AvgIpc) is 1.90. The molecule has 2 rings (SSSR count). The molecule has 0 unspecified atom stereocenters. The quantitative estimate of drug-likeness (QED) is 0.587. The molecule has 1 fully saturated rings. The Hall–Kier alpha value is -0.440. The third kappa shape index (κ3) is 1.29. The van der Waals surface area contributed by atoms with E-state index in [1.807, 2.05) is 18.0 Å². The lowest BCUT2D eigenvalue weighted by Gasteiger charge is -2.38. The number of nitrogens with zero attached hydrogens (tertiary/aromatic N) is 2. The van der Waals surface area contributed by atoms with E-state index in [1.165, 1.54) is 17.2 Å². The monoisotopic (exact) mass is 168 g/mol. The van der Waals surface area contributed by atoms with Gasteiger partial charge in [0.05, 0.1) is 0 Å². The van der Waals surface area contributed by atoms with E-state index in [-0.39, 0.29) is 0 Å². The molecule has 0 radical (unpaired) electrons. The second-order valence-corrected chi connectivity index (χ2v) is 4.02. The van der Waals surface area contributed by atoms with Gasteiger partial charge in [-0.3, -0.25) is 4.99 Å². The van der Waals surface area contributed by atoms with Crippen molar-refractivity contribution in [3.05, 3.63) is 11.8 Å². The molecule has 0 aromatic rings. The first-order valence-electron chi connectivity index (χ1n) is 3.89. The Labute approximate surface area is 71.4 Å². The van der Waals surface area contributed by atoms with E-state index in [9.17, 15) is 0 Å². The zero-order valence-corrected chi connectivity index (χ0v) is 7.47. The van der Waals surface area contributed by atoms with Crippen molar-refractivity contribution in [1.82, 2.24) is 4.90 Å². The number of rotatable bonds is 1. The fourth-order valence-electron chi connectivity index (χ4n) is 1.31. The Morgan fingerprint density at radius 2 is 2.45 bits per heavy atom. The molecular weight excluding hydrogens is 156 g/mol. The summed E-state index contributed by atoms with van der Waals surface area (Å²) in [6.07, 6.45) is 3.99. The Kier molecular flexibility index (Phi) is 1.90. The van der Waals surface area contributed by atoms with Crippen LogP contribution < -0.4 is 0 Å². The summed E-state index contributed by atoms with van der Waals surface area (Å²) in [7, 11) is 0. The zero-order valence-electron chi connectivity index (χ0n) is 6.66. The summed E-state index contributed by atoms with van der Waals surface area (Å²) in [5.74, 6) is 2.56. The lowest BCUT2D eigenvalue weighted by Crippen LogP contribution is -2.44. The highest BCUT2D eigenvalue weighted by molar-refractivity contribution is 8.00. The van der Waals surface area contributed by atoms with Crippen LogP contribution in [0.15, 0.2) is 16.8 Å². The normalized spacial score (nSPS) is 24.8. The highest BCUT2D eigenvalue weighted by Crippen LogP contribution is 2.26. The van der Waals surface area contributed by atoms with E-state index >= 15 is 0 Å². The van der Waals surface area contributed by atoms with Crippen molar-refractivity contribution < 1.29 is 0 Å². The molecule has 0 bridgehead atoms. The van der Waals surface area contributed by atoms with E-state index in [4.69, 9.17) is 0 Å². The third-order valence-electron chi connectivity index (χ3n) is 2.17. The summed E-state index contributed by atoms with van der Waals surface area (Å²) < 4.78 is 0. The van der Waals surface area contributed by atoms with Gasteiger partial charge in [0.15, 0.2) is 0 Å². The van der Waals surface area contributed by atoms with Gasteiger partial charge >= 0.3 is 0 Å². The van der Waals surface area contributed by atoms with Crippen LogP contribution in [-0.2, 0) is 0 Å². The predicted octanol–water partition coefficient (Wildman–Crippen LogP) is 1.35. The fraction of sp³-hybridized carbons (Fsp3) is 0.625. The van der Waals surface area contributed by atoms with Gasteiger partial charge in [-0.05, 0) is 13.0 Å². The van der Waals surface area contributed by atoms with Crippen LogP contribution in [0.5, 0.6) is 0 Å². The van der Waals surface area contributed by atoms with Gasteiger partial charge in [0.2, 0.25) is 0 Å². The molecule has 2 aliphatic rings. The number of aliphatic imine (C=N–C) groups is 1. The summed E-state index contributed by atoms with van der Waals surface area (Å²) in [6, 6.07) is 0.758. The fourth-order valence-corrected chi connectivity index (χ4v) is 2.12. The van der Waals surface area contributed by atoms with Crippen LogP contribution in [-0.4, -0.2) is 35.3 Å². The Balaban J connectivity index is 2.03. The minimum atomic E-state index is 0.758. The SMILES string of the molecule is CC1=CC=NCN1C1CSC1. The van der Waals surface area contributed by atoms with Gasteiger partial charge in [-0.1, -0.05) is 0 Å². The molecule has 0 aliphatic carbocycles. The topological polar surface area (TPSA) is 15.6 Å². The third-order valence-corrected chi connectivity index (χ3v) is 3.41. The van der Waals surface area contributed by atoms with Gasteiger partial charge in [0.1, 0.15) is 6.67 Å². The number of thioether (sulfide) groups is 1. The molecule has 0 atom stereocenters. The molecule has 0 N–H and O–H groups in total. The zero-order chi connectivity index (χ0) is 7.68. The maximum absolute atomic E-state index is 4.23. The van der Waals surface area contributed by atoms with E-state index in [2.05, 4.69) is 22.9 Å². The Morgan fingerprint density at radius 3 is 3.00 bits per heavy atom. The standard InChI is InChI=1S/C8H12N2S/c1-7-2-3-9-6-10(7)8-4-11-5-8/h2-3,8H,4-6H2,1H3. The maximum Gasteiger partial charge on any atom is 0.110 e. The molecule has 1 saturated heterocycles. The smallest absolute Gasteiger partial charge is 0.110 e. The largest absolute Gasteiger partial charge is 0.351 e. The molecule has 0 aromatic heterocycles. The molecule has 11 heavy (non-hydrogen) atoms. The predicted molar refractivity (Wildman–Crippen MR) is 50.1 cm³/mol. The molecule has 0 spiro atoms. The van der Waals surface area contributed by atoms with Gasteiger partial charge < -0.3 is 4.90 Å².